The highest BCUT2D eigenvalue weighted by Crippen LogP contribution is 2.28. The number of amides is 4. The molecule has 0 bridgehead atoms. The van der Waals surface area contributed by atoms with Gasteiger partial charge in [0, 0.05) is 13.6 Å². The average Bonchev–Trinajstić information content (AvgIpc) is 2.85. The lowest BCUT2D eigenvalue weighted by atomic mass is 9.80. The molecule has 106 valence electrons. The summed E-state index contributed by atoms with van der Waals surface area (Å²) in [6.07, 6.45) is 4.21. The molecule has 1 aliphatic heterocycles. The Kier molecular flexibility index (Phi) is 3.92. The number of rotatable bonds is 3. The third-order valence-electron chi connectivity index (χ3n) is 3.82. The molecule has 7 nitrogen and oxygen atoms in total. The van der Waals surface area contributed by atoms with Crippen LogP contribution in [0.1, 0.15) is 32.1 Å². The molecule has 2 aliphatic rings. The molecule has 0 aromatic carbocycles. The van der Waals surface area contributed by atoms with Gasteiger partial charge in [-0.15, -0.1) is 0 Å². The summed E-state index contributed by atoms with van der Waals surface area (Å²) in [6, 6.07) is -0.950. The molecule has 4 amide bonds. The molecule has 19 heavy (non-hydrogen) atoms. The molecule has 2 rings (SSSR count). The largest absolute Gasteiger partial charge is 0.357 e. The summed E-state index contributed by atoms with van der Waals surface area (Å²) in [5.74, 6) is -0.457. The van der Waals surface area contributed by atoms with E-state index in [1.54, 1.807) is 7.05 Å². The van der Waals surface area contributed by atoms with Gasteiger partial charge in [-0.1, -0.05) is 19.3 Å². The van der Waals surface area contributed by atoms with E-state index in [9.17, 15) is 14.4 Å². The molecule has 1 saturated heterocycles. The maximum absolute atomic E-state index is 12.1. The third kappa shape index (κ3) is 2.80. The summed E-state index contributed by atoms with van der Waals surface area (Å²) in [7, 11) is 1.57. The molecule has 1 unspecified atom stereocenters. The molecular weight excluding hydrogens is 248 g/mol. The van der Waals surface area contributed by atoms with Crippen LogP contribution in [0, 0.1) is 0 Å². The molecule has 0 aromatic heterocycles. The van der Waals surface area contributed by atoms with Crippen molar-refractivity contribution in [3.63, 3.8) is 0 Å². The second-order valence-electron chi connectivity index (χ2n) is 5.12. The van der Waals surface area contributed by atoms with E-state index in [0.717, 1.165) is 19.3 Å². The van der Waals surface area contributed by atoms with Crippen molar-refractivity contribution in [2.24, 2.45) is 0 Å². The van der Waals surface area contributed by atoms with Crippen molar-refractivity contribution in [1.29, 1.82) is 0 Å². The lowest BCUT2D eigenvalue weighted by Crippen LogP contribution is -2.62. The molecule has 0 spiro atoms. The summed E-state index contributed by atoms with van der Waals surface area (Å²) >= 11 is 0. The molecule has 2 fully saturated rings. The Morgan fingerprint density at radius 3 is 2.47 bits per heavy atom. The standard InChI is InChI=1S/C12H20N4O3/c1-13-10(18)12(5-3-2-4-6-12)16-9(17)8-7-14-11(19)15-8/h8H,2-7H2,1H3,(H,13,18)(H,16,17)(H2,14,15,19). The van der Waals surface area contributed by atoms with Gasteiger partial charge in [0.05, 0.1) is 0 Å². The predicted octanol–water partition coefficient (Wildman–Crippen LogP) is -0.767. The second-order valence-corrected chi connectivity index (χ2v) is 5.12. The Balaban J connectivity index is 2.05. The quantitative estimate of drug-likeness (QED) is 0.541. The van der Waals surface area contributed by atoms with E-state index >= 15 is 0 Å². The van der Waals surface area contributed by atoms with Crippen LogP contribution in [0.25, 0.3) is 0 Å². The first-order valence-electron chi connectivity index (χ1n) is 6.66. The van der Waals surface area contributed by atoms with Crippen molar-refractivity contribution in [2.75, 3.05) is 13.6 Å². The molecule has 0 radical (unpaired) electrons. The highest BCUT2D eigenvalue weighted by molar-refractivity contribution is 5.95. The van der Waals surface area contributed by atoms with Crippen molar-refractivity contribution in [2.45, 2.75) is 43.7 Å². The molecule has 1 saturated carbocycles. The van der Waals surface area contributed by atoms with Gasteiger partial charge < -0.3 is 21.3 Å². The number of hydrogen-bond acceptors (Lipinski definition) is 3. The van der Waals surface area contributed by atoms with E-state index in [2.05, 4.69) is 21.3 Å². The molecule has 7 heteroatoms. The third-order valence-corrected chi connectivity index (χ3v) is 3.82. The normalized spacial score (nSPS) is 25.1. The molecule has 1 atom stereocenters. The fourth-order valence-corrected chi connectivity index (χ4v) is 2.74. The number of urea groups is 1. The fourth-order valence-electron chi connectivity index (χ4n) is 2.74. The summed E-state index contributed by atoms with van der Waals surface area (Å²) in [6.45, 7) is 0.258. The zero-order valence-electron chi connectivity index (χ0n) is 11.0. The Bertz CT molecular complexity index is 390. The van der Waals surface area contributed by atoms with Crippen LogP contribution in [0.4, 0.5) is 4.79 Å². The van der Waals surface area contributed by atoms with Crippen LogP contribution in [0.3, 0.4) is 0 Å². The van der Waals surface area contributed by atoms with Gasteiger partial charge in [-0.2, -0.15) is 0 Å². The first kappa shape index (κ1) is 13.6. The van der Waals surface area contributed by atoms with Crippen molar-refractivity contribution >= 4 is 17.8 Å². The predicted molar refractivity (Wildman–Crippen MR) is 68.3 cm³/mol. The Morgan fingerprint density at radius 1 is 1.26 bits per heavy atom. The fraction of sp³-hybridized carbons (Fsp3) is 0.750. The van der Waals surface area contributed by atoms with Crippen LogP contribution in [0.15, 0.2) is 0 Å². The van der Waals surface area contributed by atoms with Gasteiger partial charge >= 0.3 is 6.03 Å². The van der Waals surface area contributed by atoms with E-state index in [-0.39, 0.29) is 24.4 Å². The van der Waals surface area contributed by atoms with E-state index < -0.39 is 11.6 Å². The first-order valence-corrected chi connectivity index (χ1v) is 6.66. The lowest BCUT2D eigenvalue weighted by molar-refractivity contribution is -0.135. The number of nitrogens with one attached hydrogen (secondary N) is 4. The van der Waals surface area contributed by atoms with Gasteiger partial charge in [0.25, 0.3) is 0 Å². The molecule has 1 heterocycles. The maximum Gasteiger partial charge on any atom is 0.315 e. The van der Waals surface area contributed by atoms with Crippen LogP contribution in [-0.4, -0.2) is 43.0 Å². The monoisotopic (exact) mass is 268 g/mol. The molecule has 0 aromatic rings. The van der Waals surface area contributed by atoms with Crippen LogP contribution in [0.5, 0.6) is 0 Å². The van der Waals surface area contributed by atoms with Gasteiger partial charge in [-0.25, -0.2) is 4.79 Å². The van der Waals surface area contributed by atoms with Gasteiger partial charge in [-0.05, 0) is 12.8 Å². The van der Waals surface area contributed by atoms with Crippen molar-refractivity contribution < 1.29 is 14.4 Å². The van der Waals surface area contributed by atoms with Crippen LogP contribution >= 0.6 is 0 Å². The Labute approximate surface area is 111 Å². The minimum Gasteiger partial charge on any atom is -0.357 e. The minimum absolute atomic E-state index is 0.155. The summed E-state index contributed by atoms with van der Waals surface area (Å²) in [5, 5.41) is 10.5. The van der Waals surface area contributed by atoms with E-state index in [1.807, 2.05) is 0 Å². The maximum atomic E-state index is 12.1. The Morgan fingerprint density at radius 2 is 1.95 bits per heavy atom. The van der Waals surface area contributed by atoms with E-state index in [4.69, 9.17) is 0 Å². The van der Waals surface area contributed by atoms with Crippen LogP contribution < -0.4 is 21.3 Å². The Hall–Kier alpha value is -1.79. The molecule has 1 aliphatic carbocycles. The van der Waals surface area contributed by atoms with Gasteiger partial charge in [0.15, 0.2) is 0 Å². The minimum atomic E-state index is -0.822. The number of likely N-dealkylation sites (N-methyl/N-ethyl adjacent to an activating group) is 1. The van der Waals surface area contributed by atoms with Crippen molar-refractivity contribution in [3.8, 4) is 0 Å². The highest BCUT2D eigenvalue weighted by atomic mass is 16.2. The van der Waals surface area contributed by atoms with E-state index in [1.165, 1.54) is 0 Å². The first-order chi connectivity index (χ1) is 9.07. The topological polar surface area (TPSA) is 99.3 Å². The van der Waals surface area contributed by atoms with Crippen LogP contribution in [0.2, 0.25) is 0 Å². The number of hydrogen-bond donors (Lipinski definition) is 4. The van der Waals surface area contributed by atoms with Crippen molar-refractivity contribution in [3.05, 3.63) is 0 Å². The zero-order chi connectivity index (χ0) is 13.9. The highest BCUT2D eigenvalue weighted by Gasteiger charge is 2.42. The summed E-state index contributed by atoms with van der Waals surface area (Å²) in [5.41, 5.74) is -0.822. The van der Waals surface area contributed by atoms with Gasteiger partial charge in [0.2, 0.25) is 11.8 Å². The van der Waals surface area contributed by atoms with Crippen LogP contribution in [-0.2, 0) is 9.59 Å². The SMILES string of the molecule is CNC(=O)C1(NC(=O)C2CNC(=O)N2)CCCCC1. The smallest absolute Gasteiger partial charge is 0.315 e. The number of carbonyl (C=O) groups excluding carboxylic acids is 3. The summed E-state index contributed by atoms with van der Waals surface area (Å²) < 4.78 is 0. The average molecular weight is 268 g/mol. The molecular formula is C12H20N4O3. The molecule has 4 N–H and O–H groups in total. The van der Waals surface area contributed by atoms with Gasteiger partial charge in [0.1, 0.15) is 11.6 Å². The zero-order valence-corrected chi connectivity index (χ0v) is 11.0. The second kappa shape index (κ2) is 5.46. The summed E-state index contributed by atoms with van der Waals surface area (Å²) in [4.78, 5) is 35.3. The van der Waals surface area contributed by atoms with Gasteiger partial charge in [-0.3, -0.25) is 9.59 Å². The number of carbonyl (C=O) groups is 3. The lowest BCUT2D eigenvalue weighted by Gasteiger charge is -2.36. The van der Waals surface area contributed by atoms with Crippen molar-refractivity contribution in [1.82, 2.24) is 21.3 Å². The van der Waals surface area contributed by atoms with E-state index in [0.29, 0.717) is 12.8 Å².